The molecule has 0 aliphatic heterocycles. The third-order valence-corrected chi connectivity index (χ3v) is 4.05. The molecule has 0 radical (unpaired) electrons. The van der Waals surface area contributed by atoms with E-state index in [4.69, 9.17) is 5.41 Å². The number of aromatic nitrogens is 2. The average Bonchev–Trinajstić information content (AvgIpc) is 2.69. The predicted octanol–water partition coefficient (Wildman–Crippen LogP) is 4.89. The summed E-state index contributed by atoms with van der Waals surface area (Å²) in [6, 6.07) is 14.6. The normalized spacial score (nSPS) is 11.1. The molecule has 3 rings (SSSR count). The van der Waals surface area contributed by atoms with E-state index >= 15 is 0 Å². The van der Waals surface area contributed by atoms with Gasteiger partial charge in [-0.1, -0.05) is 30.3 Å². The maximum atomic E-state index is 12.7. The second-order valence-corrected chi connectivity index (χ2v) is 5.99. The summed E-state index contributed by atoms with van der Waals surface area (Å²) >= 11 is 0. The molecular weight excluding hydrogens is 367 g/mol. The van der Waals surface area contributed by atoms with Gasteiger partial charge in [0.1, 0.15) is 18.0 Å². The maximum absolute atomic E-state index is 12.7. The minimum absolute atomic E-state index is 0.340. The van der Waals surface area contributed by atoms with Crippen LogP contribution in [0.4, 0.5) is 30.5 Å². The Hall–Kier alpha value is -3.42. The van der Waals surface area contributed by atoms with Crippen LogP contribution in [0, 0.1) is 5.41 Å². The van der Waals surface area contributed by atoms with Gasteiger partial charge in [0, 0.05) is 18.4 Å². The van der Waals surface area contributed by atoms with Gasteiger partial charge in [-0.15, -0.1) is 0 Å². The Kier molecular flexibility index (Phi) is 5.88. The Bertz CT molecular complexity index is 925. The summed E-state index contributed by atoms with van der Waals surface area (Å²) in [6.07, 6.45) is -1.16. The van der Waals surface area contributed by atoms with Crippen molar-refractivity contribution in [3.05, 3.63) is 77.6 Å². The fourth-order valence-electron chi connectivity index (χ4n) is 2.62. The van der Waals surface area contributed by atoms with E-state index in [0.29, 0.717) is 29.4 Å². The summed E-state index contributed by atoms with van der Waals surface area (Å²) in [6.45, 7) is 0.613. The van der Waals surface area contributed by atoms with Gasteiger partial charge in [-0.05, 0) is 36.2 Å². The van der Waals surface area contributed by atoms with Crippen molar-refractivity contribution in [2.24, 2.45) is 0 Å². The molecule has 0 atom stereocenters. The van der Waals surface area contributed by atoms with E-state index < -0.39 is 11.7 Å². The molecule has 0 aliphatic rings. The van der Waals surface area contributed by atoms with Crippen LogP contribution in [0.15, 0.2) is 60.9 Å². The van der Waals surface area contributed by atoms with Crippen LogP contribution in [-0.2, 0) is 12.6 Å². The lowest BCUT2D eigenvalue weighted by Gasteiger charge is -2.13. The van der Waals surface area contributed by atoms with Gasteiger partial charge < -0.3 is 16.0 Å². The topological polar surface area (TPSA) is 73.7 Å². The monoisotopic (exact) mass is 385 g/mol. The van der Waals surface area contributed by atoms with Crippen molar-refractivity contribution >= 4 is 23.5 Å². The van der Waals surface area contributed by atoms with E-state index in [0.717, 1.165) is 24.8 Å². The van der Waals surface area contributed by atoms with Gasteiger partial charge in [0.05, 0.1) is 11.1 Å². The molecule has 1 heterocycles. The third-order valence-electron chi connectivity index (χ3n) is 4.05. The molecule has 0 aliphatic carbocycles. The van der Waals surface area contributed by atoms with Crippen LogP contribution in [0.1, 0.15) is 16.7 Å². The minimum Gasteiger partial charge on any atom is -0.369 e. The first-order valence-electron chi connectivity index (χ1n) is 8.55. The van der Waals surface area contributed by atoms with Gasteiger partial charge in [-0.2, -0.15) is 13.2 Å². The molecule has 0 spiro atoms. The van der Waals surface area contributed by atoms with Gasteiger partial charge in [0.25, 0.3) is 0 Å². The van der Waals surface area contributed by atoms with Crippen LogP contribution in [0.25, 0.3) is 0 Å². The van der Waals surface area contributed by atoms with Crippen molar-refractivity contribution < 1.29 is 13.2 Å². The summed E-state index contributed by atoms with van der Waals surface area (Å²) in [4.78, 5) is 8.27. The Morgan fingerprint density at radius 2 is 1.61 bits per heavy atom. The fraction of sp³-hybridized carbons (Fsp3) is 0.150. The average molecular weight is 385 g/mol. The van der Waals surface area contributed by atoms with Crippen LogP contribution in [0.3, 0.4) is 0 Å². The molecule has 0 fully saturated rings. The second-order valence-electron chi connectivity index (χ2n) is 5.99. The van der Waals surface area contributed by atoms with Crippen LogP contribution in [-0.4, -0.2) is 22.7 Å². The van der Waals surface area contributed by atoms with Gasteiger partial charge in [0.15, 0.2) is 0 Å². The summed E-state index contributed by atoms with van der Waals surface area (Å²) in [5.74, 6) is 0.822. The number of nitrogens with one attached hydrogen (secondary N) is 3. The number of hydrogen-bond donors (Lipinski definition) is 3. The smallest absolute Gasteiger partial charge is 0.369 e. The van der Waals surface area contributed by atoms with Gasteiger partial charge in [-0.3, -0.25) is 0 Å². The molecule has 2 aromatic carbocycles. The number of anilines is 3. The van der Waals surface area contributed by atoms with E-state index in [-0.39, 0.29) is 0 Å². The summed E-state index contributed by atoms with van der Waals surface area (Å²) in [7, 11) is 0. The fourth-order valence-corrected chi connectivity index (χ4v) is 2.62. The first kappa shape index (κ1) is 19.3. The molecule has 5 nitrogen and oxygen atoms in total. The van der Waals surface area contributed by atoms with Crippen molar-refractivity contribution in [3.63, 3.8) is 0 Å². The van der Waals surface area contributed by atoms with E-state index in [1.807, 2.05) is 30.3 Å². The predicted molar refractivity (Wildman–Crippen MR) is 103 cm³/mol. The van der Waals surface area contributed by atoms with E-state index in [1.54, 1.807) is 0 Å². The van der Waals surface area contributed by atoms with Gasteiger partial charge in [-0.25, -0.2) is 9.97 Å². The van der Waals surface area contributed by atoms with Crippen molar-refractivity contribution in [1.29, 1.82) is 5.41 Å². The number of rotatable bonds is 7. The molecular formula is C20H18F3N5. The van der Waals surface area contributed by atoms with Crippen LogP contribution in [0.5, 0.6) is 0 Å². The Morgan fingerprint density at radius 3 is 2.25 bits per heavy atom. The second kappa shape index (κ2) is 8.51. The van der Waals surface area contributed by atoms with Gasteiger partial charge >= 0.3 is 6.18 Å². The molecule has 144 valence electrons. The van der Waals surface area contributed by atoms with Crippen LogP contribution in [0.2, 0.25) is 0 Å². The Balaban J connectivity index is 1.71. The van der Waals surface area contributed by atoms with Crippen molar-refractivity contribution in [2.75, 3.05) is 17.2 Å². The third kappa shape index (κ3) is 4.85. The zero-order valence-corrected chi connectivity index (χ0v) is 14.8. The largest absolute Gasteiger partial charge is 0.416 e. The highest BCUT2D eigenvalue weighted by atomic mass is 19.4. The molecule has 0 amide bonds. The highest BCUT2D eigenvalue weighted by molar-refractivity contribution is 5.91. The zero-order valence-electron chi connectivity index (χ0n) is 14.8. The van der Waals surface area contributed by atoms with E-state index in [1.165, 1.54) is 24.0 Å². The minimum atomic E-state index is -4.39. The Labute approximate surface area is 160 Å². The standard InChI is InChI=1S/C20H18F3N5/c21-20(22,23)15-6-8-16(9-7-15)28-19-17(12-24)18(26-13-27-19)25-11-10-14-4-2-1-3-5-14/h1-9,12-13,24H,10-11H2,(H2,25,26,27,28). The van der Waals surface area contributed by atoms with Gasteiger partial charge in [0.2, 0.25) is 0 Å². The summed E-state index contributed by atoms with van der Waals surface area (Å²) in [5.41, 5.74) is 1.31. The molecule has 8 heteroatoms. The number of hydrogen-bond acceptors (Lipinski definition) is 5. The lowest BCUT2D eigenvalue weighted by Crippen LogP contribution is -2.11. The molecule has 28 heavy (non-hydrogen) atoms. The molecule has 3 aromatic rings. The summed E-state index contributed by atoms with van der Waals surface area (Å²) in [5, 5.41) is 13.8. The van der Waals surface area contributed by atoms with E-state index in [2.05, 4.69) is 20.6 Å². The number of halogens is 3. The number of nitrogens with zero attached hydrogens (tertiary/aromatic N) is 2. The lowest BCUT2D eigenvalue weighted by molar-refractivity contribution is -0.137. The Morgan fingerprint density at radius 1 is 0.929 bits per heavy atom. The molecule has 0 unspecified atom stereocenters. The lowest BCUT2D eigenvalue weighted by atomic mass is 10.1. The van der Waals surface area contributed by atoms with Crippen molar-refractivity contribution in [1.82, 2.24) is 9.97 Å². The molecule has 0 saturated carbocycles. The highest BCUT2D eigenvalue weighted by Gasteiger charge is 2.29. The van der Waals surface area contributed by atoms with Crippen molar-refractivity contribution in [3.8, 4) is 0 Å². The maximum Gasteiger partial charge on any atom is 0.416 e. The molecule has 3 N–H and O–H groups in total. The summed E-state index contributed by atoms with van der Waals surface area (Å²) < 4.78 is 38.0. The zero-order chi connectivity index (χ0) is 20.0. The van der Waals surface area contributed by atoms with Crippen molar-refractivity contribution in [2.45, 2.75) is 12.6 Å². The van der Waals surface area contributed by atoms with Crippen LogP contribution < -0.4 is 10.6 Å². The van der Waals surface area contributed by atoms with Crippen LogP contribution >= 0.6 is 0 Å². The highest BCUT2D eigenvalue weighted by Crippen LogP contribution is 2.30. The first-order valence-corrected chi connectivity index (χ1v) is 8.55. The number of alkyl halides is 3. The first-order chi connectivity index (χ1) is 13.5. The van der Waals surface area contributed by atoms with E-state index in [9.17, 15) is 13.2 Å². The number of benzene rings is 2. The molecule has 1 aromatic heterocycles. The molecule has 0 bridgehead atoms. The quantitative estimate of drug-likeness (QED) is 0.506. The molecule has 0 saturated heterocycles. The SMILES string of the molecule is N=Cc1c(NCCc2ccccc2)ncnc1Nc1ccc(C(F)(F)F)cc1.